The number of nitrogens with zero attached hydrogens (tertiary/aromatic N) is 3. The monoisotopic (exact) mass is 485 g/mol. The number of halogens is 2. The summed E-state index contributed by atoms with van der Waals surface area (Å²) in [7, 11) is 0. The van der Waals surface area contributed by atoms with E-state index in [9.17, 15) is 9.18 Å². The van der Waals surface area contributed by atoms with Gasteiger partial charge in [0.2, 0.25) is 0 Å². The Kier molecular flexibility index (Phi) is 8.11. The highest BCUT2D eigenvalue weighted by atomic mass is 35.5. The summed E-state index contributed by atoms with van der Waals surface area (Å²) >= 11 is 5.97. The molecule has 5 nitrogen and oxygen atoms in total. The molecular formula is C27H33ClFN3O2. The van der Waals surface area contributed by atoms with Gasteiger partial charge in [0, 0.05) is 61.7 Å². The number of aryl methyl sites for hydroxylation is 1. The third-order valence-corrected chi connectivity index (χ3v) is 6.89. The van der Waals surface area contributed by atoms with Crippen molar-refractivity contribution >= 4 is 28.4 Å². The van der Waals surface area contributed by atoms with Crippen LogP contribution in [0.4, 0.5) is 4.39 Å². The second-order valence-corrected chi connectivity index (χ2v) is 9.15. The highest BCUT2D eigenvalue weighted by molar-refractivity contribution is 6.17. The normalized spacial score (nSPS) is 14.6. The summed E-state index contributed by atoms with van der Waals surface area (Å²) in [5, 5.41) is 0.946. The molecule has 0 radical (unpaired) electrons. The predicted octanol–water partition coefficient (Wildman–Crippen LogP) is 5.12. The second-order valence-electron chi connectivity index (χ2n) is 8.78. The molecule has 0 spiro atoms. The van der Waals surface area contributed by atoms with Crippen molar-refractivity contribution in [2.75, 3.05) is 45.2 Å². The quantitative estimate of drug-likeness (QED) is 0.395. The lowest BCUT2D eigenvalue weighted by atomic mass is 10.1. The summed E-state index contributed by atoms with van der Waals surface area (Å²) in [6.45, 7) is 9.32. The minimum absolute atomic E-state index is 0.0824. The number of hydrogen-bond acceptors (Lipinski definition) is 3. The van der Waals surface area contributed by atoms with Crippen LogP contribution in [0.15, 0.2) is 42.5 Å². The largest absolute Gasteiger partial charge is 0.494 e. The van der Waals surface area contributed by atoms with Crippen molar-refractivity contribution in [2.24, 2.45) is 0 Å². The van der Waals surface area contributed by atoms with Gasteiger partial charge in [0.15, 0.2) is 0 Å². The minimum atomic E-state index is -0.205. The molecule has 0 unspecified atom stereocenters. The van der Waals surface area contributed by atoms with Gasteiger partial charge in [-0.25, -0.2) is 4.39 Å². The number of hydrogen-bond donors (Lipinski definition) is 0. The first-order valence-electron chi connectivity index (χ1n) is 12.1. The van der Waals surface area contributed by atoms with Gasteiger partial charge in [0.25, 0.3) is 5.91 Å². The Morgan fingerprint density at radius 1 is 1.06 bits per heavy atom. The standard InChI is InChI=1S/C27H33ClFN3O2/c1-3-34-23-9-10-25-24(19-23)26(20(2)32(25)13-4-12-28)27(33)31-17-15-30(16-18-31)14-11-21-5-7-22(29)8-6-21/h5-10,19H,3-4,11-18H2,1-2H3. The number of piperazine rings is 1. The van der Waals surface area contributed by atoms with E-state index in [0.717, 1.165) is 72.5 Å². The highest BCUT2D eigenvalue weighted by Crippen LogP contribution is 2.31. The van der Waals surface area contributed by atoms with Gasteiger partial charge < -0.3 is 14.2 Å². The molecule has 34 heavy (non-hydrogen) atoms. The molecule has 182 valence electrons. The van der Waals surface area contributed by atoms with Crippen LogP contribution in [-0.2, 0) is 13.0 Å². The van der Waals surface area contributed by atoms with E-state index in [1.807, 2.05) is 49.1 Å². The number of aromatic nitrogens is 1. The number of carbonyl (C=O) groups excluding carboxylic acids is 1. The molecule has 0 aliphatic carbocycles. The average molecular weight is 486 g/mol. The Labute approximate surface area is 206 Å². The van der Waals surface area contributed by atoms with E-state index in [1.54, 1.807) is 0 Å². The SMILES string of the molecule is CCOc1ccc2c(c1)c(C(=O)N1CCN(CCc3ccc(F)cc3)CC1)c(C)n2CCCCl. The van der Waals surface area contributed by atoms with Crippen LogP contribution in [-0.4, -0.2) is 65.5 Å². The molecule has 0 N–H and O–H groups in total. The maximum atomic E-state index is 13.7. The molecule has 1 fully saturated rings. The zero-order valence-corrected chi connectivity index (χ0v) is 20.8. The summed E-state index contributed by atoms with van der Waals surface area (Å²) in [4.78, 5) is 18.0. The number of benzene rings is 2. The lowest BCUT2D eigenvalue weighted by Crippen LogP contribution is -2.49. The van der Waals surface area contributed by atoms with Gasteiger partial charge in [0.1, 0.15) is 11.6 Å². The Morgan fingerprint density at radius 2 is 1.79 bits per heavy atom. The van der Waals surface area contributed by atoms with Gasteiger partial charge in [-0.15, -0.1) is 11.6 Å². The van der Waals surface area contributed by atoms with Gasteiger partial charge in [-0.3, -0.25) is 9.69 Å². The Hall–Kier alpha value is -2.57. The van der Waals surface area contributed by atoms with Crippen molar-refractivity contribution in [3.63, 3.8) is 0 Å². The van der Waals surface area contributed by atoms with Crippen molar-refractivity contribution in [2.45, 2.75) is 33.2 Å². The van der Waals surface area contributed by atoms with Crippen LogP contribution in [0.3, 0.4) is 0 Å². The first kappa shape index (κ1) is 24.6. The molecule has 2 heterocycles. The smallest absolute Gasteiger partial charge is 0.256 e. The maximum Gasteiger partial charge on any atom is 0.256 e. The van der Waals surface area contributed by atoms with Gasteiger partial charge in [0.05, 0.1) is 12.2 Å². The topological polar surface area (TPSA) is 37.7 Å². The molecule has 0 atom stereocenters. The number of carbonyl (C=O) groups is 1. The van der Waals surface area contributed by atoms with E-state index < -0.39 is 0 Å². The van der Waals surface area contributed by atoms with Gasteiger partial charge in [-0.05, 0) is 62.6 Å². The molecule has 0 saturated carbocycles. The Balaban J connectivity index is 1.48. The molecule has 1 amide bonds. The summed E-state index contributed by atoms with van der Waals surface area (Å²) in [5.41, 5.74) is 3.93. The minimum Gasteiger partial charge on any atom is -0.494 e. The zero-order valence-electron chi connectivity index (χ0n) is 20.0. The van der Waals surface area contributed by atoms with Gasteiger partial charge in [-0.1, -0.05) is 12.1 Å². The molecule has 1 saturated heterocycles. The molecular weight excluding hydrogens is 453 g/mol. The van der Waals surface area contributed by atoms with Gasteiger partial charge in [-0.2, -0.15) is 0 Å². The maximum absolute atomic E-state index is 13.7. The van der Waals surface area contributed by atoms with Crippen molar-refractivity contribution in [3.05, 3.63) is 65.1 Å². The first-order chi connectivity index (χ1) is 16.5. The summed E-state index contributed by atoms with van der Waals surface area (Å²) in [6, 6.07) is 12.7. The van der Waals surface area contributed by atoms with E-state index in [2.05, 4.69) is 9.47 Å². The molecule has 7 heteroatoms. The van der Waals surface area contributed by atoms with Crippen molar-refractivity contribution < 1.29 is 13.9 Å². The fourth-order valence-corrected chi connectivity index (χ4v) is 4.88. The molecule has 2 aromatic carbocycles. The molecule has 1 aliphatic heterocycles. The number of rotatable bonds is 9. The van der Waals surface area contributed by atoms with Crippen molar-refractivity contribution in [3.8, 4) is 5.75 Å². The molecule has 0 bridgehead atoms. The van der Waals surface area contributed by atoms with Crippen molar-refractivity contribution in [1.82, 2.24) is 14.4 Å². The van der Waals surface area contributed by atoms with Crippen LogP contribution in [0.2, 0.25) is 0 Å². The van der Waals surface area contributed by atoms with Crippen LogP contribution in [0.25, 0.3) is 10.9 Å². The third-order valence-electron chi connectivity index (χ3n) is 6.62. The first-order valence-corrected chi connectivity index (χ1v) is 12.6. The fourth-order valence-electron chi connectivity index (χ4n) is 4.76. The highest BCUT2D eigenvalue weighted by Gasteiger charge is 2.27. The van der Waals surface area contributed by atoms with Crippen LogP contribution < -0.4 is 4.74 Å². The van der Waals surface area contributed by atoms with E-state index in [1.165, 1.54) is 12.1 Å². The van der Waals surface area contributed by atoms with E-state index >= 15 is 0 Å². The number of fused-ring (bicyclic) bond motifs is 1. The summed E-state index contributed by atoms with van der Waals surface area (Å²) in [5.74, 6) is 1.24. The second kappa shape index (κ2) is 11.2. The predicted molar refractivity (Wildman–Crippen MR) is 136 cm³/mol. The number of alkyl halides is 1. The van der Waals surface area contributed by atoms with Crippen LogP contribution in [0, 0.1) is 12.7 Å². The lowest BCUT2D eigenvalue weighted by molar-refractivity contribution is 0.0639. The number of ether oxygens (including phenoxy) is 1. The molecule has 3 aromatic rings. The molecule has 1 aliphatic rings. The Morgan fingerprint density at radius 3 is 2.47 bits per heavy atom. The zero-order chi connectivity index (χ0) is 24.1. The van der Waals surface area contributed by atoms with Crippen molar-refractivity contribution in [1.29, 1.82) is 0 Å². The molecule has 1 aromatic heterocycles. The van der Waals surface area contributed by atoms with E-state index in [-0.39, 0.29) is 11.7 Å². The Bertz CT molecular complexity index is 1120. The van der Waals surface area contributed by atoms with Crippen LogP contribution in [0.1, 0.15) is 35.0 Å². The third kappa shape index (κ3) is 5.39. The summed E-state index contributed by atoms with van der Waals surface area (Å²) < 4.78 is 21.1. The summed E-state index contributed by atoms with van der Waals surface area (Å²) in [6.07, 6.45) is 1.72. The van der Waals surface area contributed by atoms with E-state index in [4.69, 9.17) is 16.3 Å². The number of amides is 1. The molecule has 4 rings (SSSR count). The van der Waals surface area contributed by atoms with Crippen LogP contribution in [0.5, 0.6) is 5.75 Å². The van der Waals surface area contributed by atoms with Gasteiger partial charge >= 0.3 is 0 Å². The van der Waals surface area contributed by atoms with E-state index in [0.29, 0.717) is 25.6 Å². The van der Waals surface area contributed by atoms with Crippen LogP contribution >= 0.6 is 11.6 Å². The lowest BCUT2D eigenvalue weighted by Gasteiger charge is -2.35. The average Bonchev–Trinajstić information content (AvgIpc) is 3.12. The fraction of sp³-hybridized carbons (Fsp3) is 0.444.